The maximum Gasteiger partial charge on any atom is 0.243 e. The first-order chi connectivity index (χ1) is 11.5. The van der Waals surface area contributed by atoms with Crippen molar-refractivity contribution in [2.24, 2.45) is 0 Å². The number of hydrogen-bond donors (Lipinski definition) is 1. The normalized spacial score (nSPS) is 23.5. The number of hydrogen-bond acceptors (Lipinski definition) is 5. The van der Waals surface area contributed by atoms with Gasteiger partial charge < -0.3 is 10.1 Å². The first kappa shape index (κ1) is 17.7. The van der Waals surface area contributed by atoms with Gasteiger partial charge in [-0.1, -0.05) is 0 Å². The van der Waals surface area contributed by atoms with E-state index in [9.17, 15) is 8.42 Å². The van der Waals surface area contributed by atoms with Crippen molar-refractivity contribution >= 4 is 10.0 Å². The molecule has 2 aliphatic heterocycles. The van der Waals surface area contributed by atoms with Crippen LogP contribution in [0.3, 0.4) is 0 Å². The molecule has 0 bridgehead atoms. The number of sulfonamides is 1. The average Bonchev–Trinajstić information content (AvgIpc) is 3.07. The van der Waals surface area contributed by atoms with Gasteiger partial charge in [0.25, 0.3) is 0 Å². The van der Waals surface area contributed by atoms with E-state index in [-0.39, 0.29) is 0 Å². The van der Waals surface area contributed by atoms with E-state index in [4.69, 9.17) is 4.74 Å². The number of aryl methyl sites for hydroxylation is 1. The van der Waals surface area contributed by atoms with Crippen LogP contribution < -0.4 is 10.1 Å². The molecule has 1 unspecified atom stereocenters. The molecule has 1 atom stereocenters. The third-order valence-electron chi connectivity index (χ3n) is 4.87. The van der Waals surface area contributed by atoms with E-state index in [1.54, 1.807) is 22.5 Å². The van der Waals surface area contributed by atoms with Crippen LogP contribution in [0, 0.1) is 6.92 Å². The third-order valence-corrected chi connectivity index (χ3v) is 6.89. The summed E-state index contributed by atoms with van der Waals surface area (Å²) in [6.07, 6.45) is 0.912. The second-order valence-electron chi connectivity index (χ2n) is 6.45. The number of rotatable bonds is 5. The molecule has 2 aliphatic rings. The standard InChI is InChI=1S/C17H27N3O3S/c1-3-23-16-4-5-17(14(2)12-16)24(21,22)20-9-6-15(13-20)19-10-7-18-8-11-19/h4-5,12,15,18H,3,6-11,13H2,1-2H3. The average molecular weight is 353 g/mol. The highest BCUT2D eigenvalue weighted by Gasteiger charge is 2.36. The van der Waals surface area contributed by atoms with Crippen molar-refractivity contribution in [2.45, 2.75) is 31.2 Å². The maximum absolute atomic E-state index is 13.0. The minimum absolute atomic E-state index is 0.338. The molecular weight excluding hydrogens is 326 g/mol. The van der Waals surface area contributed by atoms with Gasteiger partial charge >= 0.3 is 0 Å². The van der Waals surface area contributed by atoms with Gasteiger partial charge in [0.05, 0.1) is 11.5 Å². The molecular formula is C17H27N3O3S. The largest absolute Gasteiger partial charge is 0.494 e. The summed E-state index contributed by atoms with van der Waals surface area (Å²) in [6.45, 7) is 9.49. The van der Waals surface area contributed by atoms with Gasteiger partial charge in [-0.15, -0.1) is 0 Å². The Morgan fingerprint density at radius 2 is 2.00 bits per heavy atom. The van der Waals surface area contributed by atoms with Gasteiger partial charge in [0.2, 0.25) is 10.0 Å². The zero-order valence-corrected chi connectivity index (χ0v) is 15.3. The Hall–Kier alpha value is -1.15. The second kappa shape index (κ2) is 7.39. The fourth-order valence-corrected chi connectivity index (χ4v) is 5.28. The van der Waals surface area contributed by atoms with Gasteiger partial charge in [-0.25, -0.2) is 8.42 Å². The molecule has 24 heavy (non-hydrogen) atoms. The van der Waals surface area contributed by atoms with Gasteiger partial charge in [0.15, 0.2) is 0 Å². The molecule has 2 saturated heterocycles. The first-order valence-corrected chi connectivity index (χ1v) is 10.1. The first-order valence-electron chi connectivity index (χ1n) is 8.70. The van der Waals surface area contributed by atoms with Crippen molar-refractivity contribution in [3.05, 3.63) is 23.8 Å². The molecule has 1 aromatic carbocycles. The highest BCUT2D eigenvalue weighted by atomic mass is 32.2. The summed E-state index contributed by atoms with van der Waals surface area (Å²) in [5.41, 5.74) is 0.742. The highest BCUT2D eigenvalue weighted by molar-refractivity contribution is 7.89. The van der Waals surface area contributed by atoms with E-state index >= 15 is 0 Å². The predicted molar refractivity (Wildman–Crippen MR) is 94.0 cm³/mol. The number of ether oxygens (including phenoxy) is 1. The van der Waals surface area contributed by atoms with Gasteiger partial charge in [0.1, 0.15) is 5.75 Å². The number of nitrogens with zero attached hydrogens (tertiary/aromatic N) is 2. The van der Waals surface area contributed by atoms with E-state index < -0.39 is 10.0 Å². The van der Waals surface area contributed by atoms with E-state index in [1.807, 2.05) is 13.8 Å². The number of piperazine rings is 1. The second-order valence-corrected chi connectivity index (χ2v) is 8.36. The Balaban J connectivity index is 1.74. The van der Waals surface area contributed by atoms with Crippen LogP contribution in [0.4, 0.5) is 0 Å². The Morgan fingerprint density at radius 1 is 1.25 bits per heavy atom. The lowest BCUT2D eigenvalue weighted by atomic mass is 10.2. The van der Waals surface area contributed by atoms with Crippen LogP contribution in [0.1, 0.15) is 18.9 Å². The Bertz CT molecular complexity index is 672. The quantitative estimate of drug-likeness (QED) is 0.858. The summed E-state index contributed by atoms with van der Waals surface area (Å²) in [6, 6.07) is 5.56. The summed E-state index contributed by atoms with van der Waals surface area (Å²) in [5, 5.41) is 3.34. The molecule has 0 radical (unpaired) electrons. The van der Waals surface area contributed by atoms with Crippen molar-refractivity contribution in [1.82, 2.24) is 14.5 Å². The van der Waals surface area contributed by atoms with Crippen LogP contribution >= 0.6 is 0 Å². The molecule has 2 fully saturated rings. The molecule has 0 saturated carbocycles. The molecule has 3 rings (SSSR count). The SMILES string of the molecule is CCOc1ccc(S(=O)(=O)N2CCC(N3CCNCC3)C2)c(C)c1. The van der Waals surface area contributed by atoms with Crippen molar-refractivity contribution in [3.8, 4) is 5.75 Å². The topological polar surface area (TPSA) is 61.9 Å². The summed E-state index contributed by atoms with van der Waals surface area (Å²) < 4.78 is 33.1. The zero-order valence-electron chi connectivity index (χ0n) is 14.5. The lowest BCUT2D eigenvalue weighted by molar-refractivity contribution is 0.179. The van der Waals surface area contributed by atoms with E-state index in [0.717, 1.165) is 38.2 Å². The smallest absolute Gasteiger partial charge is 0.243 e. The fraction of sp³-hybridized carbons (Fsp3) is 0.647. The molecule has 6 nitrogen and oxygen atoms in total. The maximum atomic E-state index is 13.0. The van der Waals surface area contributed by atoms with Gasteiger partial charge in [0, 0.05) is 45.3 Å². The number of nitrogens with one attached hydrogen (secondary N) is 1. The molecule has 0 amide bonds. The van der Waals surface area contributed by atoms with Crippen molar-refractivity contribution in [3.63, 3.8) is 0 Å². The van der Waals surface area contributed by atoms with Crippen molar-refractivity contribution in [1.29, 1.82) is 0 Å². The molecule has 0 spiro atoms. The van der Waals surface area contributed by atoms with Gasteiger partial charge in [-0.3, -0.25) is 4.90 Å². The van der Waals surface area contributed by atoms with Crippen LogP contribution in [0.25, 0.3) is 0 Å². The molecule has 2 heterocycles. The Kier molecular flexibility index (Phi) is 5.44. The van der Waals surface area contributed by atoms with E-state index in [0.29, 0.717) is 36.4 Å². The monoisotopic (exact) mass is 353 g/mol. The lowest BCUT2D eigenvalue weighted by Crippen LogP contribution is -2.49. The van der Waals surface area contributed by atoms with E-state index in [1.165, 1.54) is 0 Å². The lowest BCUT2D eigenvalue weighted by Gasteiger charge is -2.32. The minimum atomic E-state index is -3.44. The minimum Gasteiger partial charge on any atom is -0.494 e. The molecule has 0 aliphatic carbocycles. The highest BCUT2D eigenvalue weighted by Crippen LogP contribution is 2.28. The molecule has 0 aromatic heterocycles. The molecule has 1 aromatic rings. The summed E-state index contributed by atoms with van der Waals surface area (Å²) in [7, 11) is -3.44. The molecule has 134 valence electrons. The Labute approximate surface area is 144 Å². The Morgan fingerprint density at radius 3 is 2.67 bits per heavy atom. The third kappa shape index (κ3) is 3.59. The summed E-state index contributed by atoms with van der Waals surface area (Å²) in [5.74, 6) is 0.717. The van der Waals surface area contributed by atoms with Gasteiger partial charge in [-0.2, -0.15) is 4.31 Å². The summed E-state index contributed by atoms with van der Waals surface area (Å²) >= 11 is 0. The van der Waals surface area contributed by atoms with Crippen LogP contribution in [-0.2, 0) is 10.0 Å². The molecule has 7 heteroatoms. The van der Waals surface area contributed by atoms with Crippen molar-refractivity contribution in [2.75, 3.05) is 45.9 Å². The van der Waals surface area contributed by atoms with Crippen LogP contribution in [0.2, 0.25) is 0 Å². The predicted octanol–water partition coefficient (Wildman–Crippen LogP) is 1.06. The molecule has 1 N–H and O–H groups in total. The summed E-state index contributed by atoms with van der Waals surface area (Å²) in [4.78, 5) is 2.81. The van der Waals surface area contributed by atoms with E-state index in [2.05, 4.69) is 10.2 Å². The van der Waals surface area contributed by atoms with Crippen LogP contribution in [0.15, 0.2) is 23.1 Å². The zero-order chi connectivity index (χ0) is 17.2. The van der Waals surface area contributed by atoms with Gasteiger partial charge in [-0.05, 0) is 44.0 Å². The van der Waals surface area contributed by atoms with Crippen LogP contribution in [-0.4, -0.2) is 69.5 Å². The van der Waals surface area contributed by atoms with Crippen LogP contribution in [0.5, 0.6) is 5.75 Å². The van der Waals surface area contributed by atoms with Crippen molar-refractivity contribution < 1.29 is 13.2 Å². The number of benzene rings is 1. The fourth-order valence-electron chi connectivity index (χ4n) is 3.58.